The molecule has 1 amide bonds. The Morgan fingerprint density at radius 2 is 2.05 bits per heavy atom. The topological polar surface area (TPSA) is 49.0 Å². The van der Waals surface area contributed by atoms with Crippen molar-refractivity contribution in [1.29, 1.82) is 0 Å². The number of nitrogens with one attached hydrogen (secondary N) is 1. The molecule has 1 aromatic carbocycles. The standard InChI is InChI=1S/C15H16BrF2N3O/c1-2-7-21(9-14(17)18)15(22)13-8-12(19-20-13)10-3-5-11(16)6-4-10/h3-6,8,14H,2,7,9H2,1H3,(H,19,20). The van der Waals surface area contributed by atoms with Gasteiger partial charge in [-0.05, 0) is 24.6 Å². The smallest absolute Gasteiger partial charge is 0.272 e. The summed E-state index contributed by atoms with van der Waals surface area (Å²) in [7, 11) is 0. The maximum Gasteiger partial charge on any atom is 0.272 e. The fourth-order valence-electron chi connectivity index (χ4n) is 2.08. The minimum atomic E-state index is -2.55. The monoisotopic (exact) mass is 371 g/mol. The summed E-state index contributed by atoms with van der Waals surface area (Å²) in [5.41, 5.74) is 1.66. The number of alkyl halides is 2. The Morgan fingerprint density at radius 1 is 1.36 bits per heavy atom. The first-order valence-electron chi connectivity index (χ1n) is 6.90. The average Bonchev–Trinajstić information content (AvgIpc) is 2.96. The number of H-pyrrole nitrogens is 1. The van der Waals surface area contributed by atoms with Crippen molar-refractivity contribution in [2.45, 2.75) is 19.8 Å². The number of rotatable bonds is 6. The second-order valence-corrected chi connectivity index (χ2v) is 5.73. The lowest BCUT2D eigenvalue weighted by Crippen LogP contribution is -2.35. The molecule has 0 aliphatic carbocycles. The van der Waals surface area contributed by atoms with E-state index < -0.39 is 18.9 Å². The van der Waals surface area contributed by atoms with Crippen molar-refractivity contribution in [3.05, 3.63) is 40.5 Å². The van der Waals surface area contributed by atoms with E-state index in [1.165, 1.54) is 0 Å². The van der Waals surface area contributed by atoms with Crippen LogP contribution in [0, 0.1) is 0 Å². The zero-order valence-corrected chi connectivity index (χ0v) is 13.6. The number of hydrogen-bond donors (Lipinski definition) is 1. The molecular formula is C15H16BrF2N3O. The maximum absolute atomic E-state index is 12.6. The Labute approximate surface area is 135 Å². The molecule has 0 atom stereocenters. The molecule has 2 aromatic rings. The van der Waals surface area contributed by atoms with Crippen molar-refractivity contribution in [3.63, 3.8) is 0 Å². The van der Waals surface area contributed by atoms with Crippen LogP contribution in [0.25, 0.3) is 11.3 Å². The summed E-state index contributed by atoms with van der Waals surface area (Å²) in [4.78, 5) is 13.4. The van der Waals surface area contributed by atoms with E-state index >= 15 is 0 Å². The molecule has 1 aromatic heterocycles. The van der Waals surface area contributed by atoms with Crippen molar-refractivity contribution in [2.24, 2.45) is 0 Å². The highest BCUT2D eigenvalue weighted by atomic mass is 79.9. The summed E-state index contributed by atoms with van der Waals surface area (Å²) in [5, 5.41) is 6.72. The van der Waals surface area contributed by atoms with Gasteiger partial charge in [0, 0.05) is 16.6 Å². The molecule has 1 N–H and O–H groups in total. The molecule has 0 spiro atoms. The second-order valence-electron chi connectivity index (χ2n) is 4.82. The largest absolute Gasteiger partial charge is 0.332 e. The van der Waals surface area contributed by atoms with Gasteiger partial charge in [-0.3, -0.25) is 9.89 Å². The van der Waals surface area contributed by atoms with E-state index in [0.29, 0.717) is 12.1 Å². The van der Waals surface area contributed by atoms with Gasteiger partial charge in [0.15, 0.2) is 0 Å². The van der Waals surface area contributed by atoms with Crippen LogP contribution in [0.5, 0.6) is 0 Å². The molecule has 22 heavy (non-hydrogen) atoms. The van der Waals surface area contributed by atoms with Crippen LogP contribution in [0.1, 0.15) is 23.8 Å². The van der Waals surface area contributed by atoms with Crippen LogP contribution < -0.4 is 0 Å². The van der Waals surface area contributed by atoms with Crippen molar-refractivity contribution in [1.82, 2.24) is 15.1 Å². The van der Waals surface area contributed by atoms with E-state index in [9.17, 15) is 13.6 Å². The van der Waals surface area contributed by atoms with Crippen molar-refractivity contribution in [2.75, 3.05) is 13.1 Å². The molecule has 4 nitrogen and oxygen atoms in total. The van der Waals surface area contributed by atoms with Crippen molar-refractivity contribution < 1.29 is 13.6 Å². The molecule has 0 saturated heterocycles. The molecular weight excluding hydrogens is 356 g/mol. The number of halogens is 3. The van der Waals surface area contributed by atoms with Gasteiger partial charge in [0.2, 0.25) is 0 Å². The molecule has 1 heterocycles. The number of nitrogens with zero attached hydrogens (tertiary/aromatic N) is 2. The van der Waals surface area contributed by atoms with E-state index in [-0.39, 0.29) is 12.2 Å². The summed E-state index contributed by atoms with van der Waals surface area (Å²) >= 11 is 3.35. The van der Waals surface area contributed by atoms with Gasteiger partial charge in [-0.15, -0.1) is 0 Å². The Balaban J connectivity index is 2.18. The lowest BCUT2D eigenvalue weighted by Gasteiger charge is -2.20. The number of benzene rings is 1. The Morgan fingerprint density at radius 3 is 2.64 bits per heavy atom. The summed E-state index contributed by atoms with van der Waals surface area (Å²) in [6.45, 7) is 1.56. The Bertz CT molecular complexity index is 628. The molecule has 0 aliphatic heterocycles. The molecule has 0 unspecified atom stereocenters. The van der Waals surface area contributed by atoms with Crippen molar-refractivity contribution >= 4 is 21.8 Å². The summed E-state index contributed by atoms with van der Waals surface area (Å²) in [6.07, 6.45) is -1.93. The van der Waals surface area contributed by atoms with Gasteiger partial charge in [-0.1, -0.05) is 35.0 Å². The van der Waals surface area contributed by atoms with E-state index in [0.717, 1.165) is 14.9 Å². The molecule has 0 radical (unpaired) electrons. The quantitative estimate of drug-likeness (QED) is 0.835. The first-order chi connectivity index (χ1) is 10.5. The second kappa shape index (κ2) is 7.49. The average molecular weight is 372 g/mol. The highest BCUT2D eigenvalue weighted by molar-refractivity contribution is 9.10. The first-order valence-corrected chi connectivity index (χ1v) is 7.69. The minimum absolute atomic E-state index is 0.215. The molecule has 2 rings (SSSR count). The van der Waals surface area contributed by atoms with Crippen LogP contribution in [0.4, 0.5) is 8.78 Å². The van der Waals surface area contributed by atoms with Crippen LogP contribution in [-0.2, 0) is 0 Å². The third kappa shape index (κ3) is 4.13. The number of aromatic amines is 1. The Kier molecular flexibility index (Phi) is 5.65. The minimum Gasteiger partial charge on any atom is -0.332 e. The van der Waals surface area contributed by atoms with Gasteiger partial charge in [0.25, 0.3) is 12.3 Å². The first kappa shape index (κ1) is 16.6. The maximum atomic E-state index is 12.6. The number of aromatic nitrogens is 2. The number of carbonyl (C=O) groups excluding carboxylic acids is 1. The highest BCUT2D eigenvalue weighted by Crippen LogP contribution is 2.21. The van der Waals surface area contributed by atoms with E-state index in [1.54, 1.807) is 6.07 Å². The third-order valence-corrected chi connectivity index (χ3v) is 3.62. The number of hydrogen-bond acceptors (Lipinski definition) is 2. The highest BCUT2D eigenvalue weighted by Gasteiger charge is 2.21. The van der Waals surface area contributed by atoms with Gasteiger partial charge in [-0.2, -0.15) is 5.10 Å². The Hall–Kier alpha value is -1.76. The molecule has 7 heteroatoms. The van der Waals surface area contributed by atoms with E-state index in [1.807, 2.05) is 31.2 Å². The van der Waals surface area contributed by atoms with Crippen LogP contribution >= 0.6 is 15.9 Å². The number of amides is 1. The SMILES string of the molecule is CCCN(CC(F)F)C(=O)c1cc(-c2ccc(Br)cc2)n[nH]1. The summed E-state index contributed by atoms with van der Waals surface area (Å²) in [6, 6.07) is 9.03. The predicted molar refractivity (Wildman–Crippen MR) is 83.9 cm³/mol. The molecule has 0 aliphatic rings. The number of carbonyl (C=O) groups is 1. The van der Waals surface area contributed by atoms with E-state index in [2.05, 4.69) is 26.1 Å². The van der Waals surface area contributed by atoms with Crippen LogP contribution in [0.3, 0.4) is 0 Å². The van der Waals surface area contributed by atoms with Gasteiger partial charge in [0.05, 0.1) is 12.2 Å². The fourth-order valence-corrected chi connectivity index (χ4v) is 2.35. The van der Waals surface area contributed by atoms with Crippen molar-refractivity contribution in [3.8, 4) is 11.3 Å². The van der Waals surface area contributed by atoms with Gasteiger partial charge in [-0.25, -0.2) is 8.78 Å². The summed E-state index contributed by atoms with van der Waals surface area (Å²) < 4.78 is 26.1. The lowest BCUT2D eigenvalue weighted by molar-refractivity contribution is 0.0550. The van der Waals surface area contributed by atoms with E-state index in [4.69, 9.17) is 0 Å². The fraction of sp³-hybridized carbons (Fsp3) is 0.333. The zero-order valence-electron chi connectivity index (χ0n) is 12.0. The predicted octanol–water partition coefficient (Wildman–Crippen LogP) is 3.96. The summed E-state index contributed by atoms with van der Waals surface area (Å²) in [5.74, 6) is -0.460. The zero-order chi connectivity index (χ0) is 16.1. The van der Waals surface area contributed by atoms with Crippen LogP contribution in [-0.4, -0.2) is 40.5 Å². The third-order valence-electron chi connectivity index (χ3n) is 3.09. The van der Waals surface area contributed by atoms with Crippen LogP contribution in [0.15, 0.2) is 34.8 Å². The van der Waals surface area contributed by atoms with Gasteiger partial charge >= 0.3 is 0 Å². The molecule has 118 valence electrons. The van der Waals surface area contributed by atoms with Gasteiger partial charge < -0.3 is 4.90 Å². The molecule has 0 bridgehead atoms. The lowest BCUT2D eigenvalue weighted by atomic mass is 10.1. The van der Waals surface area contributed by atoms with Gasteiger partial charge in [0.1, 0.15) is 5.69 Å². The van der Waals surface area contributed by atoms with Crippen LogP contribution in [0.2, 0.25) is 0 Å². The molecule has 0 fully saturated rings. The normalized spacial score (nSPS) is 11.0. The molecule has 0 saturated carbocycles.